The summed E-state index contributed by atoms with van der Waals surface area (Å²) >= 11 is 0. The van der Waals surface area contributed by atoms with Gasteiger partial charge in [0.15, 0.2) is 0 Å². The van der Waals surface area contributed by atoms with E-state index >= 15 is 0 Å². The monoisotopic (exact) mass is 376 g/mol. The predicted octanol–water partition coefficient (Wildman–Crippen LogP) is 2.63. The fourth-order valence-corrected chi connectivity index (χ4v) is 3.37. The molecule has 2 N–H and O–H groups in total. The first-order chi connectivity index (χ1) is 12.7. The maximum atomic E-state index is 14.7. The van der Waals surface area contributed by atoms with E-state index in [1.54, 1.807) is 6.07 Å². The first kappa shape index (κ1) is 21.5. The fraction of sp³-hybridized carbons (Fsp3) is 0.455. The summed E-state index contributed by atoms with van der Waals surface area (Å²) in [5.74, 6) is -0.222. The number of halogens is 1. The number of quaternary nitrogens is 2. The number of aliphatic hydroxyl groups excluding tert-OH is 2. The van der Waals surface area contributed by atoms with Gasteiger partial charge in [0.25, 0.3) is 0 Å². The quantitative estimate of drug-likeness (QED) is 0.661. The molecule has 4 nitrogen and oxygen atoms in total. The van der Waals surface area contributed by atoms with Crippen LogP contribution in [0.5, 0.6) is 0 Å². The molecular weight excluding hydrogens is 343 g/mol. The third-order valence-corrected chi connectivity index (χ3v) is 4.93. The molecule has 0 saturated carbocycles. The molecule has 0 aromatic heterocycles. The van der Waals surface area contributed by atoms with Crippen molar-refractivity contribution in [3.05, 3.63) is 59.4 Å². The minimum Gasteiger partial charge on any atom is -0.391 e. The zero-order valence-corrected chi connectivity index (χ0v) is 17.0. The van der Waals surface area contributed by atoms with E-state index in [1.165, 1.54) is 0 Å². The van der Waals surface area contributed by atoms with E-state index in [0.29, 0.717) is 34.2 Å². The summed E-state index contributed by atoms with van der Waals surface area (Å²) in [5, 5.41) is 18.3. The molecule has 148 valence electrons. The number of rotatable bonds is 9. The minimum absolute atomic E-state index is 0.119. The van der Waals surface area contributed by atoms with Crippen LogP contribution in [-0.2, 0) is 13.1 Å². The first-order valence-corrected chi connectivity index (χ1v) is 9.39. The molecule has 0 spiro atoms. The zero-order chi connectivity index (χ0) is 20.1. The van der Waals surface area contributed by atoms with Gasteiger partial charge in [0, 0.05) is 16.7 Å². The van der Waals surface area contributed by atoms with E-state index in [9.17, 15) is 4.39 Å². The number of aliphatic hydroxyl groups is 2. The SMILES string of the molecule is C[N+](C)(CCO)Cc1ccc(-c2ccc(C[N+](C)(C)CCO)cc2F)cc1. The van der Waals surface area contributed by atoms with E-state index in [0.717, 1.165) is 23.2 Å². The Labute approximate surface area is 162 Å². The van der Waals surface area contributed by atoms with Gasteiger partial charge in [-0.1, -0.05) is 36.4 Å². The largest absolute Gasteiger partial charge is 0.391 e. The lowest BCUT2D eigenvalue weighted by atomic mass is 10.0. The maximum absolute atomic E-state index is 14.7. The van der Waals surface area contributed by atoms with Crippen LogP contribution in [0.25, 0.3) is 11.1 Å². The van der Waals surface area contributed by atoms with Gasteiger partial charge in [0.1, 0.15) is 32.0 Å². The Morgan fingerprint density at radius 2 is 1.22 bits per heavy atom. The van der Waals surface area contributed by atoms with Crippen molar-refractivity contribution in [2.45, 2.75) is 13.1 Å². The van der Waals surface area contributed by atoms with Crippen LogP contribution in [-0.4, -0.2) is 73.7 Å². The molecule has 0 radical (unpaired) electrons. The van der Waals surface area contributed by atoms with Gasteiger partial charge in [-0.2, -0.15) is 0 Å². The lowest BCUT2D eigenvalue weighted by Crippen LogP contribution is -2.41. The van der Waals surface area contributed by atoms with Gasteiger partial charge >= 0.3 is 0 Å². The van der Waals surface area contributed by atoms with Gasteiger partial charge in [-0.05, 0) is 11.6 Å². The van der Waals surface area contributed by atoms with Gasteiger partial charge in [0.2, 0.25) is 0 Å². The summed E-state index contributed by atoms with van der Waals surface area (Å²) in [5.41, 5.74) is 3.55. The highest BCUT2D eigenvalue weighted by molar-refractivity contribution is 5.64. The van der Waals surface area contributed by atoms with Gasteiger partial charge in [0.05, 0.1) is 41.4 Å². The van der Waals surface area contributed by atoms with Gasteiger partial charge in [-0.25, -0.2) is 4.39 Å². The zero-order valence-electron chi connectivity index (χ0n) is 17.0. The van der Waals surface area contributed by atoms with Crippen LogP contribution in [0.3, 0.4) is 0 Å². The number of likely N-dealkylation sites (N-methyl/N-ethyl adjacent to an activating group) is 2. The lowest BCUT2D eigenvalue weighted by molar-refractivity contribution is -0.903. The van der Waals surface area contributed by atoms with Crippen molar-refractivity contribution >= 4 is 0 Å². The molecule has 0 unspecified atom stereocenters. The summed E-state index contributed by atoms with van der Waals surface area (Å²) in [6.07, 6.45) is 0. The average molecular weight is 377 g/mol. The van der Waals surface area contributed by atoms with Crippen molar-refractivity contribution in [3.63, 3.8) is 0 Å². The van der Waals surface area contributed by atoms with Crippen LogP contribution in [0.15, 0.2) is 42.5 Å². The standard InChI is InChI=1S/C22H33FN2O2/c1-24(2,11-13-26)16-18-5-8-20(9-6-18)21-10-7-19(15-22(21)23)17-25(3,4)12-14-27/h5-10,15,26-27H,11-14,16-17H2,1-4H3/q+2. The number of nitrogens with zero attached hydrogens (tertiary/aromatic N) is 2. The molecule has 0 aliphatic heterocycles. The Morgan fingerprint density at radius 1 is 0.741 bits per heavy atom. The summed E-state index contributed by atoms with van der Waals surface area (Å²) < 4.78 is 16.0. The molecule has 0 bridgehead atoms. The highest BCUT2D eigenvalue weighted by Gasteiger charge is 2.17. The molecule has 2 aromatic carbocycles. The normalized spacial score (nSPS) is 12.4. The van der Waals surface area contributed by atoms with Crippen LogP contribution in [0.1, 0.15) is 11.1 Å². The first-order valence-electron chi connectivity index (χ1n) is 9.39. The maximum Gasteiger partial charge on any atom is 0.131 e. The average Bonchev–Trinajstić information content (AvgIpc) is 2.55. The summed E-state index contributed by atoms with van der Waals surface area (Å²) in [7, 11) is 8.22. The molecule has 27 heavy (non-hydrogen) atoms. The molecule has 5 heteroatoms. The molecule has 2 aromatic rings. The highest BCUT2D eigenvalue weighted by atomic mass is 19.1. The van der Waals surface area contributed by atoms with Crippen LogP contribution in [0.4, 0.5) is 4.39 Å². The second-order valence-electron chi connectivity index (χ2n) is 8.59. The Balaban J connectivity index is 2.14. The smallest absolute Gasteiger partial charge is 0.131 e. The number of benzene rings is 2. The molecule has 0 aliphatic carbocycles. The molecule has 0 aliphatic rings. The minimum atomic E-state index is -0.222. The van der Waals surface area contributed by atoms with Crippen LogP contribution < -0.4 is 0 Å². The fourth-order valence-electron chi connectivity index (χ4n) is 3.37. The van der Waals surface area contributed by atoms with Crippen molar-refractivity contribution in [3.8, 4) is 11.1 Å². The van der Waals surface area contributed by atoms with Gasteiger partial charge in [-0.15, -0.1) is 0 Å². The number of hydrogen-bond donors (Lipinski definition) is 2. The van der Waals surface area contributed by atoms with E-state index in [2.05, 4.69) is 14.1 Å². The molecular formula is C22H33FN2O2+2. The van der Waals surface area contributed by atoms with Crippen LogP contribution >= 0.6 is 0 Å². The molecule has 0 fully saturated rings. The topological polar surface area (TPSA) is 40.5 Å². The second kappa shape index (κ2) is 8.93. The van der Waals surface area contributed by atoms with Crippen molar-refractivity contribution in [1.29, 1.82) is 0 Å². The van der Waals surface area contributed by atoms with E-state index < -0.39 is 0 Å². The lowest BCUT2D eigenvalue weighted by Gasteiger charge is -2.29. The third kappa shape index (κ3) is 6.40. The second-order valence-corrected chi connectivity index (χ2v) is 8.59. The predicted molar refractivity (Wildman–Crippen MR) is 107 cm³/mol. The summed E-state index contributed by atoms with van der Waals surface area (Å²) in [6, 6.07) is 13.4. The molecule has 0 amide bonds. The molecule has 2 rings (SSSR count). The Kier molecular flexibility index (Phi) is 7.12. The van der Waals surface area contributed by atoms with Crippen molar-refractivity contribution in [1.82, 2.24) is 0 Å². The Hall–Kier alpha value is -1.79. The van der Waals surface area contributed by atoms with Gasteiger partial charge in [-0.3, -0.25) is 0 Å². The van der Waals surface area contributed by atoms with Crippen molar-refractivity contribution in [2.75, 3.05) is 54.5 Å². The molecule has 0 atom stereocenters. The van der Waals surface area contributed by atoms with E-state index in [4.69, 9.17) is 10.2 Å². The van der Waals surface area contributed by atoms with Crippen molar-refractivity contribution in [2.24, 2.45) is 0 Å². The van der Waals surface area contributed by atoms with E-state index in [-0.39, 0.29) is 19.0 Å². The van der Waals surface area contributed by atoms with Crippen LogP contribution in [0, 0.1) is 5.82 Å². The van der Waals surface area contributed by atoms with Gasteiger partial charge < -0.3 is 19.2 Å². The van der Waals surface area contributed by atoms with Crippen molar-refractivity contribution < 1.29 is 23.6 Å². The number of hydrogen-bond acceptors (Lipinski definition) is 2. The highest BCUT2D eigenvalue weighted by Crippen LogP contribution is 2.25. The Morgan fingerprint density at radius 3 is 1.70 bits per heavy atom. The van der Waals surface area contributed by atoms with E-state index in [1.807, 2.05) is 50.5 Å². The third-order valence-electron chi connectivity index (χ3n) is 4.93. The Bertz CT molecular complexity index is 742. The molecule has 0 heterocycles. The van der Waals surface area contributed by atoms with Crippen LogP contribution in [0.2, 0.25) is 0 Å². The summed E-state index contributed by atoms with van der Waals surface area (Å²) in [6.45, 7) is 3.11. The summed E-state index contributed by atoms with van der Waals surface area (Å²) in [4.78, 5) is 0. The molecule has 0 saturated heterocycles.